The Morgan fingerprint density at radius 1 is 1.57 bits per heavy atom. The van der Waals surface area contributed by atoms with E-state index in [1.807, 2.05) is 18.2 Å². The van der Waals surface area contributed by atoms with Gasteiger partial charge in [0.25, 0.3) is 0 Å². The zero-order valence-corrected chi connectivity index (χ0v) is 8.80. The minimum Gasteiger partial charge on any atom is -0.315 e. The topological polar surface area (TPSA) is 42.0 Å². The lowest BCUT2D eigenvalue weighted by molar-refractivity contribution is 0.671. The van der Waals surface area contributed by atoms with E-state index in [1.54, 1.807) is 6.20 Å². The third kappa shape index (κ3) is 2.39. The molecule has 0 aliphatic carbocycles. The van der Waals surface area contributed by atoms with Crippen molar-refractivity contribution in [1.82, 2.24) is 10.3 Å². The molecule has 4 heteroatoms. The molecular weight excluding hydrogens is 196 g/mol. The van der Waals surface area contributed by atoms with Crippen molar-refractivity contribution in [2.24, 2.45) is 0 Å². The zero-order chi connectivity index (χ0) is 9.80. The first kappa shape index (κ1) is 9.80. The standard InChI is InChI=1S/C10H14N2OS/c13-14(10-4-6-11-7-10)8-9-3-1-2-5-12-9/h1-3,5,10-11H,4,6-8H2/t10-,14?/m0/s1. The molecule has 1 aliphatic heterocycles. The van der Waals surface area contributed by atoms with Gasteiger partial charge in [0, 0.05) is 28.8 Å². The van der Waals surface area contributed by atoms with Gasteiger partial charge in [-0.2, -0.15) is 0 Å². The number of aromatic nitrogens is 1. The summed E-state index contributed by atoms with van der Waals surface area (Å²) >= 11 is 0. The molecule has 0 bridgehead atoms. The molecule has 1 aromatic heterocycles. The SMILES string of the molecule is O=S(Cc1ccccn1)[C@H]1CCNC1. The highest BCUT2D eigenvalue weighted by molar-refractivity contribution is 7.84. The molecule has 2 rings (SSSR count). The van der Waals surface area contributed by atoms with E-state index in [4.69, 9.17) is 0 Å². The van der Waals surface area contributed by atoms with Gasteiger partial charge in [-0.3, -0.25) is 9.19 Å². The van der Waals surface area contributed by atoms with Crippen LogP contribution in [0, 0.1) is 0 Å². The van der Waals surface area contributed by atoms with Crippen LogP contribution in [0.25, 0.3) is 0 Å². The van der Waals surface area contributed by atoms with Gasteiger partial charge in [0.05, 0.1) is 11.4 Å². The molecule has 1 saturated heterocycles. The van der Waals surface area contributed by atoms with Crippen molar-refractivity contribution in [3.05, 3.63) is 30.1 Å². The number of rotatable bonds is 3. The Balaban J connectivity index is 1.94. The van der Waals surface area contributed by atoms with Crippen LogP contribution in [0.3, 0.4) is 0 Å². The van der Waals surface area contributed by atoms with Crippen LogP contribution in [0.1, 0.15) is 12.1 Å². The van der Waals surface area contributed by atoms with E-state index in [2.05, 4.69) is 10.3 Å². The van der Waals surface area contributed by atoms with Crippen LogP contribution in [-0.4, -0.2) is 27.5 Å². The maximum Gasteiger partial charge on any atom is 0.0662 e. The van der Waals surface area contributed by atoms with Crippen molar-refractivity contribution in [3.63, 3.8) is 0 Å². The molecule has 1 aromatic rings. The minimum absolute atomic E-state index is 0.317. The normalized spacial score (nSPS) is 23.6. The largest absolute Gasteiger partial charge is 0.315 e. The molecule has 0 radical (unpaired) electrons. The first-order chi connectivity index (χ1) is 6.86. The van der Waals surface area contributed by atoms with Gasteiger partial charge in [-0.1, -0.05) is 6.07 Å². The highest BCUT2D eigenvalue weighted by Gasteiger charge is 2.21. The second kappa shape index (κ2) is 4.66. The first-order valence-electron chi connectivity index (χ1n) is 4.84. The van der Waals surface area contributed by atoms with Gasteiger partial charge in [0.2, 0.25) is 0 Å². The van der Waals surface area contributed by atoms with E-state index in [-0.39, 0.29) is 0 Å². The fourth-order valence-corrected chi connectivity index (χ4v) is 2.98. The Bertz CT molecular complexity index is 309. The van der Waals surface area contributed by atoms with Crippen LogP contribution in [0.5, 0.6) is 0 Å². The number of hydrogen-bond acceptors (Lipinski definition) is 3. The van der Waals surface area contributed by atoms with Crippen molar-refractivity contribution in [1.29, 1.82) is 0 Å². The van der Waals surface area contributed by atoms with Crippen LogP contribution >= 0.6 is 0 Å². The lowest BCUT2D eigenvalue weighted by Gasteiger charge is -2.07. The summed E-state index contributed by atoms with van der Waals surface area (Å²) in [6, 6.07) is 5.75. The Morgan fingerprint density at radius 3 is 3.14 bits per heavy atom. The van der Waals surface area contributed by atoms with Crippen LogP contribution in [0.4, 0.5) is 0 Å². The van der Waals surface area contributed by atoms with Crippen molar-refractivity contribution >= 4 is 10.8 Å². The first-order valence-corrected chi connectivity index (χ1v) is 6.22. The quantitative estimate of drug-likeness (QED) is 0.798. The summed E-state index contributed by atoms with van der Waals surface area (Å²) in [7, 11) is -0.771. The van der Waals surface area contributed by atoms with Gasteiger partial charge < -0.3 is 5.32 Å². The second-order valence-corrected chi connectivity index (χ2v) is 5.18. The molecule has 76 valence electrons. The average molecular weight is 210 g/mol. The fourth-order valence-electron chi connectivity index (χ4n) is 1.60. The van der Waals surface area contributed by atoms with E-state index in [0.29, 0.717) is 11.0 Å². The molecule has 0 amide bonds. The van der Waals surface area contributed by atoms with Gasteiger partial charge in [-0.25, -0.2) is 0 Å². The number of nitrogens with zero attached hydrogens (tertiary/aromatic N) is 1. The van der Waals surface area contributed by atoms with Crippen molar-refractivity contribution in [3.8, 4) is 0 Å². The van der Waals surface area contributed by atoms with Crippen LogP contribution in [-0.2, 0) is 16.6 Å². The fraction of sp³-hybridized carbons (Fsp3) is 0.500. The molecule has 1 aliphatic rings. The zero-order valence-electron chi connectivity index (χ0n) is 7.98. The summed E-state index contributed by atoms with van der Waals surface area (Å²) < 4.78 is 11.8. The Morgan fingerprint density at radius 2 is 2.50 bits per heavy atom. The van der Waals surface area contributed by atoms with E-state index in [1.165, 1.54) is 0 Å². The summed E-state index contributed by atoms with van der Waals surface area (Å²) in [6.45, 7) is 1.89. The predicted molar refractivity (Wildman–Crippen MR) is 57.4 cm³/mol. The molecule has 2 atom stereocenters. The van der Waals surface area contributed by atoms with E-state index >= 15 is 0 Å². The lowest BCUT2D eigenvalue weighted by atomic mass is 10.4. The van der Waals surface area contributed by atoms with Gasteiger partial charge in [-0.15, -0.1) is 0 Å². The summed E-state index contributed by atoms with van der Waals surface area (Å²) in [5.74, 6) is 0.590. The smallest absolute Gasteiger partial charge is 0.0662 e. The molecule has 1 N–H and O–H groups in total. The second-order valence-electron chi connectivity index (χ2n) is 3.46. The molecule has 3 nitrogen and oxygen atoms in total. The maximum atomic E-state index is 11.8. The van der Waals surface area contributed by atoms with Gasteiger partial charge in [0.1, 0.15) is 0 Å². The molecule has 14 heavy (non-hydrogen) atoms. The molecule has 0 spiro atoms. The number of nitrogens with one attached hydrogen (secondary N) is 1. The van der Waals surface area contributed by atoms with Crippen molar-refractivity contribution < 1.29 is 4.21 Å². The van der Waals surface area contributed by atoms with Gasteiger partial charge >= 0.3 is 0 Å². The van der Waals surface area contributed by atoms with Gasteiger partial charge in [-0.05, 0) is 25.1 Å². The molecule has 0 aromatic carbocycles. The van der Waals surface area contributed by atoms with E-state index < -0.39 is 10.8 Å². The van der Waals surface area contributed by atoms with Crippen LogP contribution < -0.4 is 5.32 Å². The monoisotopic (exact) mass is 210 g/mol. The summed E-state index contributed by atoms with van der Waals surface area (Å²) in [5, 5.41) is 3.54. The summed E-state index contributed by atoms with van der Waals surface area (Å²) in [6.07, 6.45) is 2.78. The molecule has 0 saturated carbocycles. The Labute approximate surface area is 86.4 Å². The number of pyridine rings is 1. The van der Waals surface area contributed by atoms with Gasteiger partial charge in [0.15, 0.2) is 0 Å². The van der Waals surface area contributed by atoms with Crippen molar-refractivity contribution in [2.75, 3.05) is 13.1 Å². The van der Waals surface area contributed by atoms with Crippen LogP contribution in [0.2, 0.25) is 0 Å². The molecule has 2 heterocycles. The third-order valence-electron chi connectivity index (χ3n) is 2.40. The highest BCUT2D eigenvalue weighted by atomic mass is 32.2. The van der Waals surface area contributed by atoms with E-state index in [9.17, 15) is 4.21 Å². The molecule has 1 fully saturated rings. The average Bonchev–Trinajstić information content (AvgIpc) is 2.72. The number of hydrogen-bond donors (Lipinski definition) is 1. The predicted octanol–water partition coefficient (Wildman–Crippen LogP) is 0.692. The Hall–Kier alpha value is -0.740. The lowest BCUT2D eigenvalue weighted by Crippen LogP contribution is -2.20. The minimum atomic E-state index is -0.771. The van der Waals surface area contributed by atoms with Crippen LogP contribution in [0.15, 0.2) is 24.4 Å². The maximum absolute atomic E-state index is 11.8. The molecular formula is C10H14N2OS. The van der Waals surface area contributed by atoms with Crippen molar-refractivity contribution in [2.45, 2.75) is 17.4 Å². The third-order valence-corrected chi connectivity index (χ3v) is 4.13. The molecule has 1 unspecified atom stereocenters. The summed E-state index contributed by atoms with van der Waals surface area (Å²) in [4.78, 5) is 4.18. The summed E-state index contributed by atoms with van der Waals surface area (Å²) in [5.41, 5.74) is 0.928. The Kier molecular flexibility index (Phi) is 3.26. The van der Waals surface area contributed by atoms with E-state index in [0.717, 1.165) is 25.2 Å². The highest BCUT2D eigenvalue weighted by Crippen LogP contribution is 2.10.